The van der Waals surface area contributed by atoms with Crippen LogP contribution in [0, 0.1) is 5.92 Å². The lowest BCUT2D eigenvalue weighted by Crippen LogP contribution is -2.37. The van der Waals surface area contributed by atoms with Crippen molar-refractivity contribution in [3.05, 3.63) is 142 Å². The number of allylic oxidation sites excluding steroid dienone is 6. The molecule has 4 aliphatic rings. The molecular weight excluding hydrogens is 669 g/mol. The van der Waals surface area contributed by atoms with E-state index in [0.717, 1.165) is 60.3 Å². The summed E-state index contributed by atoms with van der Waals surface area (Å²) in [6, 6.07) is 32.1. The Morgan fingerprint density at radius 2 is 1.71 bits per heavy atom. The maximum absolute atomic E-state index is 11.1. The summed E-state index contributed by atoms with van der Waals surface area (Å²) in [4.78, 5) is 15.0. The number of aromatic nitrogens is 1. The maximum atomic E-state index is 11.1. The van der Waals surface area contributed by atoms with Gasteiger partial charge in [0.05, 0.1) is 28.5 Å². The van der Waals surface area contributed by atoms with E-state index in [1.807, 2.05) is 17.8 Å². The summed E-state index contributed by atoms with van der Waals surface area (Å²) in [5.74, 6) is 0.988. The molecule has 9 rings (SSSR count). The number of hydrogen-bond donors (Lipinski definition) is 0. The first-order valence-corrected chi connectivity index (χ1v) is 19.8. The fourth-order valence-corrected chi connectivity index (χ4v) is 9.90. The molecule has 5 aromatic rings. The van der Waals surface area contributed by atoms with E-state index in [2.05, 4.69) is 119 Å². The van der Waals surface area contributed by atoms with Crippen molar-refractivity contribution in [1.82, 2.24) is 0 Å². The number of anilines is 1. The molecular formula is C44H38N2O3S2. The van der Waals surface area contributed by atoms with Gasteiger partial charge in [-0.3, -0.25) is 0 Å². The van der Waals surface area contributed by atoms with Gasteiger partial charge in [-0.15, -0.1) is 11.8 Å². The predicted octanol–water partition coefficient (Wildman–Crippen LogP) is 8.99. The topological polar surface area (TPSA) is 60.4 Å². The zero-order chi connectivity index (χ0) is 34.3. The highest BCUT2D eigenvalue weighted by Gasteiger charge is 2.34. The molecule has 2 aliphatic heterocycles. The number of nitrogens with zero attached hydrogens (tertiary/aromatic N) is 2. The summed E-state index contributed by atoms with van der Waals surface area (Å²) in [7, 11) is 0. The number of carboxylic acid groups (broad SMARTS) is 1. The fourth-order valence-electron chi connectivity index (χ4n) is 8.08. The first kappa shape index (κ1) is 32.2. The van der Waals surface area contributed by atoms with Crippen LogP contribution in [0.3, 0.4) is 0 Å². The average molecular weight is 707 g/mol. The van der Waals surface area contributed by atoms with Crippen molar-refractivity contribution < 1.29 is 18.9 Å². The molecule has 2 aliphatic carbocycles. The first-order chi connectivity index (χ1) is 25.1. The Bertz CT molecular complexity index is 2280. The minimum absolute atomic E-state index is 0.0153. The van der Waals surface area contributed by atoms with Crippen LogP contribution in [0.2, 0.25) is 0 Å². The summed E-state index contributed by atoms with van der Waals surface area (Å²) in [6.07, 6.45) is 15.0. The van der Waals surface area contributed by atoms with E-state index in [9.17, 15) is 9.90 Å². The van der Waals surface area contributed by atoms with Crippen molar-refractivity contribution in [2.45, 2.75) is 43.5 Å². The normalized spacial score (nSPS) is 19.4. The van der Waals surface area contributed by atoms with Crippen LogP contribution in [0.1, 0.15) is 37.1 Å². The molecule has 0 radical (unpaired) electrons. The molecule has 3 heterocycles. The summed E-state index contributed by atoms with van der Waals surface area (Å²) in [5, 5.41) is 12.4. The Morgan fingerprint density at radius 1 is 0.902 bits per heavy atom. The number of fused-ring (bicyclic) bond motifs is 2. The fraction of sp³-hybridized carbons (Fsp3) is 0.227. The van der Waals surface area contributed by atoms with Crippen LogP contribution in [0.4, 0.5) is 5.69 Å². The van der Waals surface area contributed by atoms with Crippen molar-refractivity contribution in [2.24, 2.45) is 5.92 Å². The number of carbonyl (C=O) groups excluding carboxylic acids is 1. The molecule has 0 N–H and O–H groups in total. The van der Waals surface area contributed by atoms with Crippen LogP contribution >= 0.6 is 23.5 Å². The van der Waals surface area contributed by atoms with Gasteiger partial charge in [0.1, 0.15) is 0 Å². The minimum atomic E-state index is -1.03. The van der Waals surface area contributed by atoms with E-state index in [1.165, 1.54) is 67.2 Å². The van der Waals surface area contributed by atoms with Crippen molar-refractivity contribution >= 4 is 52.4 Å². The molecule has 5 nitrogen and oxygen atoms in total. The second-order valence-corrected chi connectivity index (χ2v) is 15.9. The third kappa shape index (κ3) is 6.38. The minimum Gasteiger partial charge on any atom is -0.549 e. The van der Waals surface area contributed by atoms with Crippen LogP contribution in [-0.4, -0.2) is 24.0 Å². The van der Waals surface area contributed by atoms with Gasteiger partial charge in [0.15, 0.2) is 6.54 Å². The molecule has 0 amide bonds. The van der Waals surface area contributed by atoms with Crippen molar-refractivity contribution in [1.29, 1.82) is 0 Å². The Balaban J connectivity index is 1.01. The number of carboxylic acids is 1. The smallest absolute Gasteiger partial charge is 0.374 e. The molecule has 1 unspecified atom stereocenters. The first-order valence-electron chi connectivity index (χ1n) is 17.9. The van der Waals surface area contributed by atoms with Gasteiger partial charge in [-0.1, -0.05) is 96.7 Å². The van der Waals surface area contributed by atoms with Crippen molar-refractivity contribution in [3.8, 4) is 22.3 Å². The summed E-state index contributed by atoms with van der Waals surface area (Å²) in [6.45, 7) is 1.68. The SMILES string of the molecule is O=C([O-])CSCC[n+]1c(/C=C2/C=C3C=C(/C=C4\Sc5ccc(-c6ccccc6)c6c5N4CC6)CCC3CC2)oc2ccc(-c3ccccc3)cc21. The van der Waals surface area contributed by atoms with Crippen LogP contribution in [0.15, 0.2) is 140 Å². The number of carbonyl (C=O) groups is 1. The quantitative estimate of drug-likeness (QED) is 0.113. The van der Waals surface area contributed by atoms with E-state index in [0.29, 0.717) is 18.2 Å². The second-order valence-electron chi connectivity index (χ2n) is 13.7. The van der Waals surface area contributed by atoms with Gasteiger partial charge in [-0.05, 0) is 101 Å². The van der Waals surface area contributed by atoms with E-state index >= 15 is 0 Å². The predicted molar refractivity (Wildman–Crippen MR) is 207 cm³/mol. The Kier molecular flexibility index (Phi) is 8.70. The van der Waals surface area contributed by atoms with Gasteiger partial charge in [0, 0.05) is 23.3 Å². The van der Waals surface area contributed by atoms with Crippen molar-refractivity contribution in [3.63, 3.8) is 0 Å². The van der Waals surface area contributed by atoms with Gasteiger partial charge >= 0.3 is 5.89 Å². The molecule has 0 saturated heterocycles. The number of aliphatic carboxylic acids is 1. The molecule has 4 aromatic carbocycles. The van der Waals surface area contributed by atoms with Gasteiger partial charge in [0.2, 0.25) is 5.58 Å². The summed E-state index contributed by atoms with van der Waals surface area (Å²) >= 11 is 3.29. The number of rotatable bonds is 9. The van der Waals surface area contributed by atoms with Crippen LogP contribution in [0.25, 0.3) is 39.4 Å². The molecule has 0 spiro atoms. The van der Waals surface area contributed by atoms with E-state index < -0.39 is 5.97 Å². The summed E-state index contributed by atoms with van der Waals surface area (Å²) in [5.41, 5.74) is 13.8. The summed E-state index contributed by atoms with van der Waals surface area (Å²) < 4.78 is 8.70. The van der Waals surface area contributed by atoms with Crippen LogP contribution < -0.4 is 14.6 Å². The van der Waals surface area contributed by atoms with Gasteiger partial charge in [-0.2, -0.15) is 4.57 Å². The van der Waals surface area contributed by atoms with Crippen LogP contribution in [0.5, 0.6) is 0 Å². The van der Waals surface area contributed by atoms with Gasteiger partial charge in [-0.25, -0.2) is 0 Å². The third-order valence-corrected chi connectivity index (χ3v) is 12.5. The highest BCUT2D eigenvalue weighted by Crippen LogP contribution is 2.54. The third-order valence-electron chi connectivity index (χ3n) is 10.5. The van der Waals surface area contributed by atoms with E-state index in [4.69, 9.17) is 4.42 Å². The zero-order valence-electron chi connectivity index (χ0n) is 28.3. The lowest BCUT2D eigenvalue weighted by molar-refractivity contribution is -0.673. The molecule has 1 aromatic heterocycles. The van der Waals surface area contributed by atoms with Gasteiger partial charge in [0.25, 0.3) is 5.52 Å². The lowest BCUT2D eigenvalue weighted by Gasteiger charge is -2.28. The number of aryl methyl sites for hydroxylation is 1. The Labute approximate surface area is 307 Å². The lowest BCUT2D eigenvalue weighted by atomic mass is 9.77. The molecule has 0 bridgehead atoms. The monoisotopic (exact) mass is 706 g/mol. The Morgan fingerprint density at radius 3 is 2.53 bits per heavy atom. The standard InChI is InChI=1S/C44H38N2O3S2/c47-43(48)28-50-22-21-45-38-27-34(31-7-3-1-4-8-31)15-17-39(38)49-41(45)25-29-11-13-32-14-12-30(24-35(32)23-29)26-42-46-20-19-37-36(33-9-5-2-6-10-33)16-18-40(51-42)44(37)46/h1-10,15-18,23-27,32H,11-14,19-22,28H2. The maximum Gasteiger partial charge on any atom is 0.374 e. The highest BCUT2D eigenvalue weighted by molar-refractivity contribution is 8.03. The molecule has 1 atom stereocenters. The average Bonchev–Trinajstić information content (AvgIpc) is 3.86. The molecule has 254 valence electrons. The number of hydrogen-bond acceptors (Lipinski definition) is 6. The van der Waals surface area contributed by atoms with E-state index in [1.54, 1.807) is 0 Å². The second kappa shape index (κ2) is 13.8. The molecule has 51 heavy (non-hydrogen) atoms. The highest BCUT2D eigenvalue weighted by atomic mass is 32.2. The number of oxazole rings is 1. The molecule has 0 saturated carbocycles. The largest absolute Gasteiger partial charge is 0.549 e. The van der Waals surface area contributed by atoms with Crippen molar-refractivity contribution in [2.75, 3.05) is 23.0 Å². The van der Waals surface area contributed by atoms with E-state index in [-0.39, 0.29) is 5.75 Å². The number of benzene rings is 4. The van der Waals surface area contributed by atoms with Crippen LogP contribution in [-0.2, 0) is 17.8 Å². The molecule has 7 heteroatoms. The Hall–Kier alpha value is -4.72. The number of thioether (sulfide) groups is 2. The molecule has 0 fully saturated rings. The van der Waals surface area contributed by atoms with Gasteiger partial charge < -0.3 is 19.2 Å². The zero-order valence-corrected chi connectivity index (χ0v) is 30.0.